The standard InChI is InChI=1S/C20H20N4O3S2/c1-13(14-4-6-17-18(10-14)28-20(25)23(17)12-27-2)16-8-9-24(22-16)19-7-5-15(11-21-19)29(3)26/h4-11,13H,12H2,1-3H3. The van der Waals surface area contributed by atoms with Crippen LogP contribution in [-0.2, 0) is 22.3 Å². The molecule has 0 aliphatic heterocycles. The average Bonchev–Trinajstić information content (AvgIpc) is 3.32. The maximum Gasteiger partial charge on any atom is 0.310 e. The molecule has 2 atom stereocenters. The first kappa shape index (κ1) is 19.7. The Morgan fingerprint density at radius 2 is 2.07 bits per heavy atom. The number of ether oxygens (including phenoxy) is 1. The molecule has 150 valence electrons. The fourth-order valence-corrected chi connectivity index (χ4v) is 4.54. The minimum absolute atomic E-state index is 0.0292. The Kier molecular flexibility index (Phi) is 5.44. The van der Waals surface area contributed by atoms with E-state index in [1.807, 2.05) is 30.5 Å². The zero-order valence-corrected chi connectivity index (χ0v) is 17.9. The minimum Gasteiger partial charge on any atom is -0.364 e. The molecule has 0 fully saturated rings. The van der Waals surface area contributed by atoms with E-state index in [2.05, 4.69) is 17.0 Å². The lowest BCUT2D eigenvalue weighted by Crippen LogP contribution is -2.13. The fraction of sp³-hybridized carbons (Fsp3) is 0.250. The quantitative estimate of drug-likeness (QED) is 0.471. The fourth-order valence-electron chi connectivity index (χ4n) is 3.15. The Balaban J connectivity index is 1.62. The molecule has 4 rings (SSSR count). The number of nitrogens with zero attached hydrogens (tertiary/aromatic N) is 4. The molecule has 9 heteroatoms. The van der Waals surface area contributed by atoms with Gasteiger partial charge in [0.1, 0.15) is 6.73 Å². The van der Waals surface area contributed by atoms with Crippen LogP contribution >= 0.6 is 11.3 Å². The highest BCUT2D eigenvalue weighted by atomic mass is 32.2. The molecule has 7 nitrogen and oxygen atoms in total. The van der Waals surface area contributed by atoms with E-state index >= 15 is 0 Å². The molecule has 0 aliphatic carbocycles. The molecule has 2 unspecified atom stereocenters. The molecule has 0 N–H and O–H groups in total. The van der Waals surface area contributed by atoms with Gasteiger partial charge in [-0.05, 0) is 35.9 Å². The first-order valence-electron chi connectivity index (χ1n) is 8.95. The van der Waals surface area contributed by atoms with E-state index in [9.17, 15) is 9.00 Å². The normalized spacial score (nSPS) is 13.6. The molecule has 0 bridgehead atoms. The molecular formula is C20H20N4O3S2. The van der Waals surface area contributed by atoms with Crippen molar-refractivity contribution in [3.63, 3.8) is 0 Å². The van der Waals surface area contributed by atoms with Gasteiger partial charge in [-0.25, -0.2) is 9.67 Å². The first-order valence-corrected chi connectivity index (χ1v) is 11.3. The number of fused-ring (bicyclic) bond motifs is 1. The summed E-state index contributed by atoms with van der Waals surface area (Å²) >= 11 is 1.22. The summed E-state index contributed by atoms with van der Waals surface area (Å²) in [4.78, 5) is 17.2. The summed E-state index contributed by atoms with van der Waals surface area (Å²) < 4.78 is 20.9. The number of thiazole rings is 1. The van der Waals surface area contributed by atoms with Gasteiger partial charge in [0.2, 0.25) is 0 Å². The third-order valence-electron chi connectivity index (χ3n) is 4.79. The van der Waals surface area contributed by atoms with Gasteiger partial charge in [-0.1, -0.05) is 24.3 Å². The second-order valence-electron chi connectivity index (χ2n) is 6.65. The van der Waals surface area contributed by atoms with E-state index in [4.69, 9.17) is 4.74 Å². The van der Waals surface area contributed by atoms with Crippen molar-refractivity contribution >= 4 is 32.4 Å². The van der Waals surface area contributed by atoms with E-state index in [1.165, 1.54) is 11.3 Å². The van der Waals surface area contributed by atoms with Gasteiger partial charge in [0, 0.05) is 31.7 Å². The SMILES string of the molecule is COCn1c(=O)sc2cc(C(C)c3ccn(-c4ccc(S(C)=O)cn4)n3)ccc21. The number of aromatic nitrogens is 4. The molecule has 3 heterocycles. The molecule has 4 aromatic rings. The van der Waals surface area contributed by atoms with Crippen LogP contribution in [0.3, 0.4) is 0 Å². The van der Waals surface area contributed by atoms with Gasteiger partial charge in [-0.15, -0.1) is 0 Å². The van der Waals surface area contributed by atoms with Crippen LogP contribution in [-0.4, -0.2) is 36.9 Å². The molecule has 0 aliphatic rings. The van der Waals surface area contributed by atoms with Crippen molar-refractivity contribution in [1.82, 2.24) is 19.3 Å². The summed E-state index contributed by atoms with van der Waals surface area (Å²) in [6.07, 6.45) is 5.10. The third-order valence-corrected chi connectivity index (χ3v) is 6.64. The van der Waals surface area contributed by atoms with Gasteiger partial charge < -0.3 is 4.74 Å². The Morgan fingerprint density at radius 3 is 2.76 bits per heavy atom. The summed E-state index contributed by atoms with van der Waals surface area (Å²) in [5.74, 6) is 0.721. The topological polar surface area (TPSA) is 79.0 Å². The van der Waals surface area contributed by atoms with Crippen LogP contribution in [0.25, 0.3) is 16.0 Å². The molecule has 0 radical (unpaired) electrons. The predicted octanol–water partition coefficient (Wildman–Crippen LogP) is 3.14. The van der Waals surface area contributed by atoms with Gasteiger partial charge in [0.05, 0.1) is 31.6 Å². The summed E-state index contributed by atoms with van der Waals surface area (Å²) in [5, 5.41) is 4.66. The van der Waals surface area contributed by atoms with E-state index in [-0.39, 0.29) is 17.5 Å². The van der Waals surface area contributed by atoms with E-state index < -0.39 is 10.8 Å². The Labute approximate surface area is 174 Å². The maximum atomic E-state index is 12.2. The van der Waals surface area contributed by atoms with Gasteiger partial charge in [0.25, 0.3) is 0 Å². The van der Waals surface area contributed by atoms with Gasteiger partial charge in [0.15, 0.2) is 5.82 Å². The Bertz CT molecular complexity index is 1240. The summed E-state index contributed by atoms with van der Waals surface area (Å²) in [6.45, 7) is 2.33. The zero-order chi connectivity index (χ0) is 20.5. The van der Waals surface area contributed by atoms with E-state index in [0.717, 1.165) is 21.5 Å². The van der Waals surface area contributed by atoms with Crippen LogP contribution in [0.1, 0.15) is 24.1 Å². The molecule has 0 spiro atoms. The van der Waals surface area contributed by atoms with Crippen LogP contribution in [0.5, 0.6) is 0 Å². The van der Waals surface area contributed by atoms with Crippen LogP contribution in [0.4, 0.5) is 0 Å². The molecule has 3 aromatic heterocycles. The number of hydrogen-bond donors (Lipinski definition) is 0. The van der Waals surface area contributed by atoms with Crippen molar-refractivity contribution in [2.45, 2.75) is 24.5 Å². The predicted molar refractivity (Wildman–Crippen MR) is 114 cm³/mol. The summed E-state index contributed by atoms with van der Waals surface area (Å²) in [7, 11) is 0.519. The lowest BCUT2D eigenvalue weighted by Gasteiger charge is -2.10. The minimum atomic E-state index is -1.06. The smallest absolute Gasteiger partial charge is 0.310 e. The van der Waals surface area contributed by atoms with Crippen LogP contribution in [0, 0.1) is 0 Å². The van der Waals surface area contributed by atoms with Crippen molar-refractivity contribution in [1.29, 1.82) is 0 Å². The zero-order valence-electron chi connectivity index (χ0n) is 16.2. The average molecular weight is 429 g/mol. The molecule has 0 saturated carbocycles. The second kappa shape index (κ2) is 8.02. The van der Waals surface area contributed by atoms with Gasteiger partial charge in [-0.3, -0.25) is 13.6 Å². The van der Waals surface area contributed by atoms with Crippen LogP contribution in [0.2, 0.25) is 0 Å². The first-order chi connectivity index (χ1) is 14.0. The third kappa shape index (κ3) is 3.81. The van der Waals surface area contributed by atoms with E-state index in [0.29, 0.717) is 10.7 Å². The van der Waals surface area contributed by atoms with Crippen LogP contribution in [0.15, 0.2) is 58.5 Å². The summed E-state index contributed by atoms with van der Waals surface area (Å²) in [6, 6.07) is 11.6. The highest BCUT2D eigenvalue weighted by molar-refractivity contribution is 7.84. The largest absolute Gasteiger partial charge is 0.364 e. The lowest BCUT2D eigenvalue weighted by molar-refractivity contribution is 0.133. The Hall–Kier alpha value is -2.62. The molecule has 0 amide bonds. The number of rotatable bonds is 6. The van der Waals surface area contributed by atoms with Crippen molar-refractivity contribution in [3.8, 4) is 5.82 Å². The Morgan fingerprint density at radius 1 is 1.24 bits per heavy atom. The van der Waals surface area contributed by atoms with Gasteiger partial charge in [-0.2, -0.15) is 5.10 Å². The maximum absolute atomic E-state index is 12.2. The summed E-state index contributed by atoms with van der Waals surface area (Å²) in [5.41, 5.74) is 2.86. The van der Waals surface area contributed by atoms with E-state index in [1.54, 1.807) is 40.9 Å². The molecule has 29 heavy (non-hydrogen) atoms. The second-order valence-corrected chi connectivity index (χ2v) is 9.03. The lowest BCUT2D eigenvalue weighted by atomic mass is 9.98. The number of benzene rings is 1. The number of methoxy groups -OCH3 is 1. The highest BCUT2D eigenvalue weighted by Gasteiger charge is 2.15. The van der Waals surface area contributed by atoms with Crippen molar-refractivity contribution in [2.24, 2.45) is 0 Å². The van der Waals surface area contributed by atoms with Gasteiger partial charge >= 0.3 is 4.87 Å². The molecular weight excluding hydrogens is 408 g/mol. The molecule has 0 saturated heterocycles. The van der Waals surface area contributed by atoms with Crippen molar-refractivity contribution in [2.75, 3.05) is 13.4 Å². The molecule has 1 aromatic carbocycles. The van der Waals surface area contributed by atoms with Crippen molar-refractivity contribution in [3.05, 3.63) is 69.7 Å². The highest BCUT2D eigenvalue weighted by Crippen LogP contribution is 2.27. The monoisotopic (exact) mass is 428 g/mol. The van der Waals surface area contributed by atoms with Crippen LogP contribution < -0.4 is 4.87 Å². The number of hydrogen-bond acceptors (Lipinski definition) is 6. The van der Waals surface area contributed by atoms with Crippen molar-refractivity contribution < 1.29 is 8.95 Å². The number of pyridine rings is 1.